The van der Waals surface area contributed by atoms with Crippen molar-refractivity contribution in [1.29, 1.82) is 0 Å². The number of thiazole rings is 1. The third-order valence-corrected chi connectivity index (χ3v) is 3.42. The minimum absolute atomic E-state index is 0. The first-order chi connectivity index (χ1) is 7.47. The van der Waals surface area contributed by atoms with Gasteiger partial charge in [0.05, 0.1) is 17.8 Å². The van der Waals surface area contributed by atoms with Crippen molar-refractivity contribution in [2.75, 3.05) is 0 Å². The van der Waals surface area contributed by atoms with Gasteiger partial charge in [0.1, 0.15) is 5.01 Å². The molecule has 1 aromatic heterocycles. The van der Waals surface area contributed by atoms with Gasteiger partial charge in [-0.25, -0.2) is 4.98 Å². The van der Waals surface area contributed by atoms with E-state index >= 15 is 0 Å². The second-order valence-corrected chi connectivity index (χ2v) is 5.79. The van der Waals surface area contributed by atoms with Crippen molar-refractivity contribution in [2.24, 2.45) is 5.73 Å². The second kappa shape index (κ2) is 6.70. The van der Waals surface area contributed by atoms with Crippen LogP contribution < -0.4 is 11.1 Å². The Balaban J connectivity index is 0.00000144. The molecular formula is C11H19Cl2N3OS. The smallest absolute Gasteiger partial charge is 0.239 e. The Labute approximate surface area is 124 Å². The highest BCUT2D eigenvalue weighted by molar-refractivity contribution is 7.09. The van der Waals surface area contributed by atoms with Crippen LogP contribution in [-0.4, -0.2) is 16.4 Å². The average molecular weight is 312 g/mol. The molecule has 1 aliphatic rings. The molecule has 0 spiro atoms. The number of carbonyl (C=O) groups excluding carboxylic acids is 1. The van der Waals surface area contributed by atoms with E-state index in [9.17, 15) is 4.79 Å². The lowest BCUT2D eigenvalue weighted by Gasteiger charge is -2.16. The number of hydrogen-bond donors (Lipinski definition) is 2. The van der Waals surface area contributed by atoms with Crippen LogP contribution in [0, 0.1) is 0 Å². The van der Waals surface area contributed by atoms with Crippen LogP contribution in [0.3, 0.4) is 0 Å². The highest BCUT2D eigenvalue weighted by atomic mass is 35.5. The van der Waals surface area contributed by atoms with Crippen LogP contribution in [0.15, 0.2) is 5.38 Å². The van der Waals surface area contributed by atoms with Crippen molar-refractivity contribution >= 4 is 42.1 Å². The fraction of sp³-hybridized carbons (Fsp3) is 0.636. The summed E-state index contributed by atoms with van der Waals surface area (Å²) in [5.41, 5.74) is 6.04. The van der Waals surface area contributed by atoms with Crippen LogP contribution in [0.2, 0.25) is 0 Å². The molecular weight excluding hydrogens is 293 g/mol. The van der Waals surface area contributed by atoms with Crippen molar-refractivity contribution < 1.29 is 4.79 Å². The van der Waals surface area contributed by atoms with Gasteiger partial charge >= 0.3 is 0 Å². The molecule has 1 heterocycles. The second-order valence-electron chi connectivity index (χ2n) is 4.84. The van der Waals surface area contributed by atoms with Gasteiger partial charge in [-0.3, -0.25) is 4.79 Å². The van der Waals surface area contributed by atoms with Crippen molar-refractivity contribution in [3.8, 4) is 0 Å². The first-order valence-electron chi connectivity index (χ1n) is 5.48. The number of nitrogens with zero attached hydrogens (tertiary/aromatic N) is 1. The Hall–Kier alpha value is -0.360. The molecule has 0 aliphatic heterocycles. The van der Waals surface area contributed by atoms with E-state index in [0.717, 1.165) is 5.01 Å². The summed E-state index contributed by atoms with van der Waals surface area (Å²) in [4.78, 5) is 16.0. The zero-order valence-corrected chi connectivity index (χ0v) is 12.9. The quantitative estimate of drug-likeness (QED) is 0.896. The Bertz CT molecular complexity index is 399. The molecule has 1 saturated carbocycles. The minimum atomic E-state index is -0.823. The zero-order valence-electron chi connectivity index (χ0n) is 10.4. The highest BCUT2D eigenvalue weighted by Crippen LogP contribution is 2.40. The zero-order chi connectivity index (χ0) is 11.8. The predicted molar refractivity (Wildman–Crippen MR) is 78.7 cm³/mol. The van der Waals surface area contributed by atoms with E-state index in [1.54, 1.807) is 25.2 Å². The number of carbonyl (C=O) groups is 1. The monoisotopic (exact) mass is 311 g/mol. The van der Waals surface area contributed by atoms with Crippen LogP contribution >= 0.6 is 36.2 Å². The summed E-state index contributed by atoms with van der Waals surface area (Å²) in [5, 5.41) is 5.84. The number of nitrogens with two attached hydrogens (primary N) is 1. The molecule has 18 heavy (non-hydrogen) atoms. The molecule has 7 heteroatoms. The summed E-state index contributed by atoms with van der Waals surface area (Å²) in [6.07, 6.45) is 2.51. The van der Waals surface area contributed by atoms with Gasteiger partial charge in [0.25, 0.3) is 0 Å². The molecule has 0 aromatic carbocycles. The SMILES string of the molecule is CC(C)(N)C(=O)NCc1nc(C2CC2)cs1.Cl.Cl. The Morgan fingerprint density at radius 2 is 2.17 bits per heavy atom. The highest BCUT2D eigenvalue weighted by Gasteiger charge is 2.26. The summed E-state index contributed by atoms with van der Waals surface area (Å²) < 4.78 is 0. The standard InChI is InChI=1S/C11H17N3OS.2ClH/c1-11(2,12)10(15)13-5-9-14-8(6-16-9)7-3-4-7;;/h6-7H,3-5,12H2,1-2H3,(H,13,15);2*1H. The van der Waals surface area contributed by atoms with E-state index in [2.05, 4.69) is 15.7 Å². The molecule has 3 N–H and O–H groups in total. The van der Waals surface area contributed by atoms with Gasteiger partial charge in [-0.05, 0) is 26.7 Å². The topological polar surface area (TPSA) is 68.0 Å². The third-order valence-electron chi connectivity index (χ3n) is 2.55. The van der Waals surface area contributed by atoms with E-state index < -0.39 is 5.54 Å². The molecule has 2 rings (SSSR count). The van der Waals surface area contributed by atoms with Gasteiger partial charge in [0.15, 0.2) is 0 Å². The molecule has 1 aromatic rings. The predicted octanol–water partition coefficient (Wildman–Crippen LogP) is 2.22. The maximum Gasteiger partial charge on any atom is 0.239 e. The van der Waals surface area contributed by atoms with E-state index in [1.807, 2.05) is 0 Å². The molecule has 1 aliphatic carbocycles. The number of amides is 1. The van der Waals surface area contributed by atoms with Crippen molar-refractivity contribution in [1.82, 2.24) is 10.3 Å². The van der Waals surface area contributed by atoms with Gasteiger partial charge in [0, 0.05) is 11.3 Å². The lowest BCUT2D eigenvalue weighted by atomic mass is 10.1. The van der Waals surface area contributed by atoms with E-state index in [0.29, 0.717) is 12.5 Å². The number of rotatable bonds is 4. The fourth-order valence-electron chi connectivity index (χ4n) is 1.36. The van der Waals surface area contributed by atoms with Crippen molar-refractivity contribution in [3.63, 3.8) is 0 Å². The number of hydrogen-bond acceptors (Lipinski definition) is 4. The normalized spacial score (nSPS) is 14.4. The van der Waals surface area contributed by atoms with E-state index in [1.165, 1.54) is 18.5 Å². The average Bonchev–Trinajstić information content (AvgIpc) is 2.94. The van der Waals surface area contributed by atoms with Gasteiger partial charge in [0.2, 0.25) is 5.91 Å². The fourth-order valence-corrected chi connectivity index (χ4v) is 2.17. The molecule has 1 amide bonds. The summed E-state index contributed by atoms with van der Waals surface area (Å²) in [7, 11) is 0. The van der Waals surface area contributed by atoms with Crippen LogP contribution in [0.25, 0.3) is 0 Å². The van der Waals surface area contributed by atoms with Crippen molar-refractivity contribution in [3.05, 3.63) is 16.1 Å². The lowest BCUT2D eigenvalue weighted by molar-refractivity contribution is -0.125. The van der Waals surface area contributed by atoms with Crippen LogP contribution in [0.5, 0.6) is 0 Å². The molecule has 0 atom stereocenters. The maximum absolute atomic E-state index is 11.5. The van der Waals surface area contributed by atoms with E-state index in [-0.39, 0.29) is 30.7 Å². The lowest BCUT2D eigenvalue weighted by Crippen LogP contribution is -2.48. The summed E-state index contributed by atoms with van der Waals surface area (Å²) in [6, 6.07) is 0. The summed E-state index contributed by atoms with van der Waals surface area (Å²) in [6.45, 7) is 3.87. The van der Waals surface area contributed by atoms with Gasteiger partial charge in [-0.1, -0.05) is 0 Å². The van der Waals surface area contributed by atoms with Crippen LogP contribution in [0.1, 0.15) is 43.3 Å². The Morgan fingerprint density at radius 1 is 1.56 bits per heavy atom. The minimum Gasteiger partial charge on any atom is -0.348 e. The maximum atomic E-state index is 11.5. The number of aromatic nitrogens is 1. The number of halogens is 2. The molecule has 104 valence electrons. The first-order valence-corrected chi connectivity index (χ1v) is 6.36. The first kappa shape index (κ1) is 17.6. The molecule has 0 radical (unpaired) electrons. The molecule has 0 saturated heterocycles. The Kier molecular flexibility index (Phi) is 6.57. The summed E-state index contributed by atoms with van der Waals surface area (Å²) in [5.74, 6) is 0.530. The van der Waals surface area contributed by atoms with Gasteiger partial charge in [-0.15, -0.1) is 36.2 Å². The van der Waals surface area contributed by atoms with Gasteiger partial charge in [-0.2, -0.15) is 0 Å². The Morgan fingerprint density at radius 3 is 2.67 bits per heavy atom. The largest absolute Gasteiger partial charge is 0.348 e. The third kappa shape index (κ3) is 4.72. The molecule has 1 fully saturated rings. The van der Waals surface area contributed by atoms with Gasteiger partial charge < -0.3 is 11.1 Å². The summed E-state index contributed by atoms with van der Waals surface area (Å²) >= 11 is 1.60. The van der Waals surface area contributed by atoms with Crippen LogP contribution in [0.4, 0.5) is 0 Å². The number of nitrogens with one attached hydrogen (secondary N) is 1. The van der Waals surface area contributed by atoms with E-state index in [4.69, 9.17) is 5.73 Å². The molecule has 0 bridgehead atoms. The van der Waals surface area contributed by atoms with Crippen molar-refractivity contribution in [2.45, 2.75) is 44.7 Å². The molecule has 0 unspecified atom stereocenters. The molecule has 4 nitrogen and oxygen atoms in total. The van der Waals surface area contributed by atoms with Crippen LogP contribution in [-0.2, 0) is 11.3 Å².